The van der Waals surface area contributed by atoms with E-state index in [0.29, 0.717) is 0 Å². The highest BCUT2D eigenvalue weighted by Crippen LogP contribution is 2.35. The summed E-state index contributed by atoms with van der Waals surface area (Å²) in [7, 11) is -4.33. The number of rotatable bonds is 2. The van der Waals surface area contributed by atoms with Gasteiger partial charge in [-0.1, -0.05) is 0 Å². The molecule has 0 amide bonds. The molecule has 0 radical (unpaired) electrons. The van der Waals surface area contributed by atoms with Gasteiger partial charge in [0.2, 0.25) is 0 Å². The fourth-order valence-corrected chi connectivity index (χ4v) is 1.87. The zero-order valence-electron chi connectivity index (χ0n) is 7.25. The molecule has 1 aromatic carbocycles. The summed E-state index contributed by atoms with van der Waals surface area (Å²) in [4.78, 5) is 27.4. The third-order valence-corrected chi connectivity index (χ3v) is 2.83. The lowest BCUT2D eigenvalue weighted by molar-refractivity contribution is -0.384. The molecule has 0 spiro atoms. The second kappa shape index (κ2) is 3.49. The van der Waals surface area contributed by atoms with Crippen LogP contribution in [0.3, 0.4) is 0 Å². The summed E-state index contributed by atoms with van der Waals surface area (Å²) in [6.45, 7) is 1.42. The molecule has 0 aliphatic rings. The first-order chi connectivity index (χ1) is 6.32. The van der Waals surface area contributed by atoms with Gasteiger partial charge in [0, 0.05) is 12.1 Å². The normalized spacial score (nSPS) is 11.4. The van der Waals surface area contributed by atoms with Crippen LogP contribution in [0.1, 0.15) is 5.56 Å². The second-order valence-electron chi connectivity index (χ2n) is 2.77. The molecule has 1 aromatic rings. The Labute approximate surface area is 79.5 Å². The number of aryl methyl sites for hydroxylation is 1. The van der Waals surface area contributed by atoms with Gasteiger partial charge in [-0.15, -0.1) is 0 Å². The highest BCUT2D eigenvalue weighted by Gasteiger charge is 2.21. The summed E-state index contributed by atoms with van der Waals surface area (Å²) in [6, 6.07) is 3.28. The Morgan fingerprint density at radius 1 is 1.43 bits per heavy atom. The monoisotopic (exact) mass is 217 g/mol. The number of nitro benzene ring substituents is 1. The van der Waals surface area contributed by atoms with Crippen molar-refractivity contribution in [3.63, 3.8) is 0 Å². The molecule has 0 unspecified atom stereocenters. The molecular weight excluding hydrogens is 209 g/mol. The summed E-state index contributed by atoms with van der Waals surface area (Å²) >= 11 is 0. The highest BCUT2D eigenvalue weighted by atomic mass is 31.2. The molecule has 0 saturated carbocycles. The Balaban J connectivity index is 3.28. The number of nitro groups is 1. The molecule has 0 bridgehead atoms. The van der Waals surface area contributed by atoms with Crippen molar-refractivity contribution in [2.24, 2.45) is 0 Å². The lowest BCUT2D eigenvalue weighted by Gasteiger charge is -2.06. The van der Waals surface area contributed by atoms with E-state index < -0.39 is 12.5 Å². The molecule has 76 valence electrons. The molecule has 14 heavy (non-hydrogen) atoms. The SMILES string of the molecule is Cc1cc([N+](=O)[O-])ccc1P(=O)(O)O. The van der Waals surface area contributed by atoms with Gasteiger partial charge in [0.15, 0.2) is 0 Å². The fraction of sp³-hybridized carbons (Fsp3) is 0.143. The van der Waals surface area contributed by atoms with Crippen LogP contribution in [-0.2, 0) is 4.57 Å². The zero-order valence-corrected chi connectivity index (χ0v) is 8.14. The Bertz CT molecular complexity index is 424. The van der Waals surface area contributed by atoms with Gasteiger partial charge in [0.05, 0.1) is 10.2 Å². The molecular formula is C7H8NO5P. The quantitative estimate of drug-likeness (QED) is 0.431. The van der Waals surface area contributed by atoms with Crippen LogP contribution in [0.25, 0.3) is 0 Å². The first-order valence-corrected chi connectivity index (χ1v) is 5.25. The van der Waals surface area contributed by atoms with Gasteiger partial charge < -0.3 is 9.79 Å². The minimum Gasteiger partial charge on any atom is -0.321 e. The number of non-ortho nitro benzene ring substituents is 1. The van der Waals surface area contributed by atoms with Crippen LogP contribution in [0.4, 0.5) is 5.69 Å². The Hall–Kier alpha value is -1.23. The van der Waals surface area contributed by atoms with Gasteiger partial charge >= 0.3 is 7.60 Å². The van der Waals surface area contributed by atoms with Crippen LogP contribution in [0.5, 0.6) is 0 Å². The Kier molecular flexibility index (Phi) is 2.71. The summed E-state index contributed by atoms with van der Waals surface area (Å²) in [6.07, 6.45) is 0. The van der Waals surface area contributed by atoms with E-state index >= 15 is 0 Å². The van der Waals surface area contributed by atoms with Crippen molar-refractivity contribution in [1.29, 1.82) is 0 Å². The molecule has 7 heteroatoms. The minimum absolute atomic E-state index is 0.178. The van der Waals surface area contributed by atoms with E-state index in [1.165, 1.54) is 6.92 Å². The van der Waals surface area contributed by atoms with Crippen LogP contribution in [-0.4, -0.2) is 14.7 Å². The summed E-state index contributed by atoms with van der Waals surface area (Å²) in [5.74, 6) is 0. The van der Waals surface area contributed by atoms with Crippen LogP contribution < -0.4 is 5.30 Å². The van der Waals surface area contributed by atoms with E-state index in [0.717, 1.165) is 18.2 Å². The van der Waals surface area contributed by atoms with Crippen LogP contribution in [0.2, 0.25) is 0 Å². The fourth-order valence-electron chi connectivity index (χ4n) is 1.08. The number of benzene rings is 1. The summed E-state index contributed by atoms with van der Waals surface area (Å²) in [5.41, 5.74) is 0.0345. The van der Waals surface area contributed by atoms with Gasteiger partial charge in [-0.05, 0) is 18.6 Å². The predicted octanol–water partition coefficient (Wildman–Crippen LogP) is 0.706. The van der Waals surface area contributed by atoms with Crippen molar-refractivity contribution in [2.45, 2.75) is 6.92 Å². The molecule has 0 aliphatic heterocycles. The van der Waals surface area contributed by atoms with E-state index in [1.54, 1.807) is 0 Å². The number of hydrogen-bond donors (Lipinski definition) is 2. The smallest absolute Gasteiger partial charge is 0.321 e. The van der Waals surface area contributed by atoms with Gasteiger partial charge in [-0.2, -0.15) is 0 Å². The number of hydrogen-bond acceptors (Lipinski definition) is 3. The first-order valence-electron chi connectivity index (χ1n) is 3.63. The van der Waals surface area contributed by atoms with Gasteiger partial charge in [0.25, 0.3) is 5.69 Å². The molecule has 1 rings (SSSR count). The number of nitrogens with zero attached hydrogens (tertiary/aromatic N) is 1. The molecule has 2 N–H and O–H groups in total. The van der Waals surface area contributed by atoms with Crippen molar-refractivity contribution < 1.29 is 19.3 Å². The molecule has 0 saturated heterocycles. The third kappa shape index (κ3) is 2.17. The first kappa shape index (κ1) is 10.8. The summed E-state index contributed by atoms with van der Waals surface area (Å²) < 4.78 is 10.9. The van der Waals surface area contributed by atoms with E-state index in [2.05, 4.69) is 0 Å². The summed E-state index contributed by atoms with van der Waals surface area (Å²) in [5, 5.41) is 10.1. The molecule has 0 fully saturated rings. The average molecular weight is 217 g/mol. The lowest BCUT2D eigenvalue weighted by Crippen LogP contribution is -2.08. The predicted molar refractivity (Wildman–Crippen MR) is 49.5 cm³/mol. The van der Waals surface area contributed by atoms with Crippen molar-refractivity contribution >= 4 is 18.6 Å². The lowest BCUT2D eigenvalue weighted by atomic mass is 10.2. The Morgan fingerprint density at radius 3 is 2.36 bits per heavy atom. The minimum atomic E-state index is -4.33. The molecule has 0 atom stereocenters. The van der Waals surface area contributed by atoms with Gasteiger partial charge in [0.1, 0.15) is 0 Å². The van der Waals surface area contributed by atoms with Crippen molar-refractivity contribution in [3.8, 4) is 0 Å². The van der Waals surface area contributed by atoms with Gasteiger partial charge in [-0.25, -0.2) is 0 Å². The van der Waals surface area contributed by atoms with E-state index in [9.17, 15) is 14.7 Å². The maximum atomic E-state index is 10.9. The van der Waals surface area contributed by atoms with Crippen molar-refractivity contribution in [3.05, 3.63) is 33.9 Å². The van der Waals surface area contributed by atoms with E-state index in [-0.39, 0.29) is 16.6 Å². The van der Waals surface area contributed by atoms with E-state index in [1.807, 2.05) is 0 Å². The topological polar surface area (TPSA) is 101 Å². The zero-order chi connectivity index (χ0) is 10.9. The van der Waals surface area contributed by atoms with Gasteiger partial charge in [-0.3, -0.25) is 14.7 Å². The van der Waals surface area contributed by atoms with Crippen LogP contribution in [0.15, 0.2) is 18.2 Å². The standard InChI is InChI=1S/C7H8NO5P/c1-5-4-6(8(9)10)2-3-7(5)14(11,12)13/h2-4H,1H3,(H2,11,12,13). The molecule has 0 aromatic heterocycles. The highest BCUT2D eigenvalue weighted by molar-refractivity contribution is 7.60. The Morgan fingerprint density at radius 2 is 2.00 bits per heavy atom. The third-order valence-electron chi connectivity index (χ3n) is 1.71. The molecule has 0 aliphatic carbocycles. The maximum absolute atomic E-state index is 10.9. The maximum Gasteiger partial charge on any atom is 0.356 e. The molecule has 6 nitrogen and oxygen atoms in total. The molecule has 0 heterocycles. The van der Waals surface area contributed by atoms with Crippen LogP contribution >= 0.6 is 7.60 Å². The van der Waals surface area contributed by atoms with E-state index in [4.69, 9.17) is 9.79 Å². The average Bonchev–Trinajstić information content (AvgIpc) is 2.01. The largest absolute Gasteiger partial charge is 0.356 e. The van der Waals surface area contributed by atoms with Crippen molar-refractivity contribution in [1.82, 2.24) is 0 Å². The second-order valence-corrected chi connectivity index (χ2v) is 4.34. The van der Waals surface area contributed by atoms with Crippen molar-refractivity contribution in [2.75, 3.05) is 0 Å². The van der Waals surface area contributed by atoms with Crippen LogP contribution in [0, 0.1) is 17.0 Å².